The van der Waals surface area contributed by atoms with Gasteiger partial charge in [-0.1, -0.05) is 5.64 Å². The molecular formula is C6H15NO4. The summed E-state index contributed by atoms with van der Waals surface area (Å²) in [7, 11) is 3.07. The summed E-state index contributed by atoms with van der Waals surface area (Å²) in [5.74, 6) is 0. The molecule has 68 valence electrons. The summed E-state index contributed by atoms with van der Waals surface area (Å²) < 4.78 is 9.52. The molecule has 0 amide bonds. The summed E-state index contributed by atoms with van der Waals surface area (Å²) in [6, 6.07) is 0. The van der Waals surface area contributed by atoms with Crippen molar-refractivity contribution in [3.05, 3.63) is 0 Å². The van der Waals surface area contributed by atoms with E-state index in [1.807, 2.05) is 0 Å². The zero-order valence-corrected chi connectivity index (χ0v) is 7.29. The van der Waals surface area contributed by atoms with Crippen LogP contribution in [0.25, 0.3) is 0 Å². The highest BCUT2D eigenvalue weighted by Crippen LogP contribution is 1.89. The van der Waals surface area contributed by atoms with Crippen molar-refractivity contribution in [1.29, 1.82) is 0 Å². The first-order valence-electron chi connectivity index (χ1n) is 3.32. The van der Waals surface area contributed by atoms with Gasteiger partial charge in [0.1, 0.15) is 0 Å². The molecule has 0 fully saturated rings. The summed E-state index contributed by atoms with van der Waals surface area (Å²) in [6.45, 7) is 3.46. The number of hydrogen-bond donors (Lipinski definition) is 1. The van der Waals surface area contributed by atoms with Gasteiger partial charge in [0.05, 0.1) is 0 Å². The molecule has 0 aromatic rings. The molecule has 0 aliphatic carbocycles. The Morgan fingerprint density at radius 1 is 0.909 bits per heavy atom. The van der Waals surface area contributed by atoms with Crippen LogP contribution in [0.5, 0.6) is 0 Å². The van der Waals surface area contributed by atoms with Crippen LogP contribution >= 0.6 is 0 Å². The average molecular weight is 165 g/mol. The lowest BCUT2D eigenvalue weighted by Gasteiger charge is -2.14. The van der Waals surface area contributed by atoms with Crippen molar-refractivity contribution < 1.29 is 19.1 Å². The zero-order chi connectivity index (χ0) is 8.69. The van der Waals surface area contributed by atoms with Gasteiger partial charge in [-0.25, -0.2) is 9.68 Å². The standard InChI is InChI=1S/C6H15NO4/c1-5(8-3)10-7-11-6(2)9-4/h5-7H,1-4H3. The second-order valence-electron chi connectivity index (χ2n) is 1.93. The van der Waals surface area contributed by atoms with E-state index in [0.29, 0.717) is 0 Å². The zero-order valence-electron chi connectivity index (χ0n) is 7.29. The van der Waals surface area contributed by atoms with Crippen molar-refractivity contribution in [3.63, 3.8) is 0 Å². The number of methoxy groups -OCH3 is 2. The minimum absolute atomic E-state index is 0.348. The van der Waals surface area contributed by atoms with Gasteiger partial charge in [-0.3, -0.25) is 0 Å². The lowest BCUT2D eigenvalue weighted by atomic mass is 10.8. The molecule has 0 aromatic carbocycles. The Morgan fingerprint density at radius 3 is 1.55 bits per heavy atom. The molecule has 0 heterocycles. The maximum absolute atomic E-state index is 4.79. The van der Waals surface area contributed by atoms with Crippen molar-refractivity contribution in [3.8, 4) is 0 Å². The summed E-state index contributed by atoms with van der Waals surface area (Å²) in [4.78, 5) is 9.58. The Kier molecular flexibility index (Phi) is 6.39. The Balaban J connectivity index is 3.13. The number of nitrogens with one attached hydrogen (secondary N) is 1. The van der Waals surface area contributed by atoms with E-state index >= 15 is 0 Å². The molecule has 0 spiro atoms. The SMILES string of the molecule is COC(C)ONOC(C)OC. The Bertz CT molecular complexity index is 80.7. The van der Waals surface area contributed by atoms with E-state index in [2.05, 4.69) is 5.64 Å². The second-order valence-corrected chi connectivity index (χ2v) is 1.93. The normalized spacial score (nSPS) is 16.4. The summed E-state index contributed by atoms with van der Waals surface area (Å²) in [5.41, 5.74) is 2.24. The van der Waals surface area contributed by atoms with Crippen LogP contribution in [0.4, 0.5) is 0 Å². The van der Waals surface area contributed by atoms with Crippen LogP contribution in [0, 0.1) is 0 Å². The summed E-state index contributed by atoms with van der Waals surface area (Å²) in [6.07, 6.45) is -0.696. The molecule has 5 nitrogen and oxygen atoms in total. The molecule has 0 saturated heterocycles. The predicted molar refractivity (Wildman–Crippen MR) is 38.2 cm³/mol. The minimum atomic E-state index is -0.348. The minimum Gasteiger partial charge on any atom is -0.354 e. The van der Waals surface area contributed by atoms with Gasteiger partial charge < -0.3 is 9.47 Å². The van der Waals surface area contributed by atoms with E-state index in [-0.39, 0.29) is 12.6 Å². The molecule has 0 bridgehead atoms. The second kappa shape index (κ2) is 6.51. The van der Waals surface area contributed by atoms with E-state index in [1.54, 1.807) is 13.8 Å². The molecule has 2 atom stereocenters. The van der Waals surface area contributed by atoms with E-state index in [1.165, 1.54) is 14.2 Å². The fraction of sp³-hybridized carbons (Fsp3) is 1.00. The van der Waals surface area contributed by atoms with E-state index in [4.69, 9.17) is 19.1 Å². The maximum atomic E-state index is 4.79. The fourth-order valence-electron chi connectivity index (χ4n) is 0.260. The smallest absolute Gasteiger partial charge is 0.176 e. The first kappa shape index (κ1) is 10.8. The quantitative estimate of drug-likeness (QED) is 0.456. The van der Waals surface area contributed by atoms with Crippen molar-refractivity contribution >= 4 is 0 Å². The summed E-state index contributed by atoms with van der Waals surface area (Å²) >= 11 is 0. The largest absolute Gasteiger partial charge is 0.354 e. The molecule has 1 N–H and O–H groups in total. The van der Waals surface area contributed by atoms with Crippen LogP contribution in [0.3, 0.4) is 0 Å². The number of ether oxygens (including phenoxy) is 2. The predicted octanol–water partition coefficient (Wildman–Crippen LogP) is 0.424. The third-order valence-corrected chi connectivity index (χ3v) is 1.09. The molecule has 0 aromatic heterocycles. The molecule has 0 aliphatic heterocycles. The van der Waals surface area contributed by atoms with Crippen LogP contribution in [-0.4, -0.2) is 26.8 Å². The van der Waals surface area contributed by atoms with Gasteiger partial charge in [0.25, 0.3) is 0 Å². The molecule has 5 heteroatoms. The van der Waals surface area contributed by atoms with Gasteiger partial charge in [0.2, 0.25) is 0 Å². The van der Waals surface area contributed by atoms with Crippen LogP contribution in [-0.2, 0) is 19.1 Å². The molecule has 0 radical (unpaired) electrons. The average Bonchev–Trinajstić information content (AvgIpc) is 2.04. The van der Waals surface area contributed by atoms with E-state index in [0.717, 1.165) is 0 Å². The third-order valence-electron chi connectivity index (χ3n) is 1.09. The highest BCUT2D eigenvalue weighted by atomic mass is 17.0. The lowest BCUT2D eigenvalue weighted by Crippen LogP contribution is -2.27. The Hall–Kier alpha value is -0.200. The molecule has 0 rings (SSSR count). The van der Waals surface area contributed by atoms with Crippen LogP contribution in [0.1, 0.15) is 13.8 Å². The molecule has 2 unspecified atom stereocenters. The van der Waals surface area contributed by atoms with Crippen molar-refractivity contribution in [2.24, 2.45) is 0 Å². The van der Waals surface area contributed by atoms with Crippen molar-refractivity contribution in [2.75, 3.05) is 14.2 Å². The van der Waals surface area contributed by atoms with E-state index < -0.39 is 0 Å². The van der Waals surface area contributed by atoms with Crippen molar-refractivity contribution in [1.82, 2.24) is 5.64 Å². The maximum Gasteiger partial charge on any atom is 0.176 e. The first-order chi connectivity index (χ1) is 5.20. The van der Waals surface area contributed by atoms with Gasteiger partial charge in [0.15, 0.2) is 12.6 Å². The fourth-order valence-corrected chi connectivity index (χ4v) is 0.260. The van der Waals surface area contributed by atoms with Gasteiger partial charge in [-0.2, -0.15) is 0 Å². The van der Waals surface area contributed by atoms with Crippen LogP contribution < -0.4 is 5.64 Å². The highest BCUT2D eigenvalue weighted by Gasteiger charge is 2.01. The molecular weight excluding hydrogens is 150 g/mol. The summed E-state index contributed by atoms with van der Waals surface area (Å²) in [5, 5.41) is 0. The Labute approximate surface area is 66.5 Å². The van der Waals surface area contributed by atoms with Gasteiger partial charge in [-0.15, -0.1) is 0 Å². The Morgan fingerprint density at radius 2 is 1.27 bits per heavy atom. The molecule has 11 heavy (non-hydrogen) atoms. The van der Waals surface area contributed by atoms with Crippen LogP contribution in [0.15, 0.2) is 0 Å². The van der Waals surface area contributed by atoms with E-state index in [9.17, 15) is 0 Å². The highest BCUT2D eigenvalue weighted by molar-refractivity contribution is 4.21. The first-order valence-corrected chi connectivity index (χ1v) is 3.32. The molecule has 0 aliphatic rings. The topological polar surface area (TPSA) is 49.0 Å². The molecule has 0 saturated carbocycles. The lowest BCUT2D eigenvalue weighted by molar-refractivity contribution is -0.300. The van der Waals surface area contributed by atoms with Crippen molar-refractivity contribution in [2.45, 2.75) is 26.4 Å². The number of rotatable bonds is 6. The van der Waals surface area contributed by atoms with Gasteiger partial charge in [-0.05, 0) is 13.8 Å². The van der Waals surface area contributed by atoms with Gasteiger partial charge >= 0.3 is 0 Å². The number of hydrogen-bond acceptors (Lipinski definition) is 5. The van der Waals surface area contributed by atoms with Gasteiger partial charge in [0, 0.05) is 14.2 Å². The van der Waals surface area contributed by atoms with Crippen LogP contribution in [0.2, 0.25) is 0 Å². The monoisotopic (exact) mass is 165 g/mol. The third kappa shape index (κ3) is 6.21.